The van der Waals surface area contributed by atoms with Crippen molar-refractivity contribution >= 4 is 43.7 Å². The number of hydrogen-bond acceptors (Lipinski definition) is 4. The third-order valence-corrected chi connectivity index (χ3v) is 14.7. The van der Waals surface area contributed by atoms with Crippen molar-refractivity contribution in [2.75, 3.05) is 0 Å². The van der Waals surface area contributed by atoms with Gasteiger partial charge in [0.15, 0.2) is 11.6 Å². The van der Waals surface area contributed by atoms with Crippen LogP contribution in [0.2, 0.25) is 0 Å². The van der Waals surface area contributed by atoms with Crippen LogP contribution >= 0.6 is 0 Å². The van der Waals surface area contributed by atoms with Gasteiger partial charge in [0, 0.05) is 32.7 Å². The van der Waals surface area contributed by atoms with Gasteiger partial charge in [-0.3, -0.25) is 4.57 Å². The lowest BCUT2D eigenvalue weighted by molar-refractivity contribution is 0.669. The molecular formula is C64H38N4O. The fourth-order valence-electron chi connectivity index (χ4n) is 11.9. The summed E-state index contributed by atoms with van der Waals surface area (Å²) in [4.78, 5) is 16.6. The Hall–Kier alpha value is -9.19. The maximum Gasteiger partial charge on any atom is 0.238 e. The number of rotatable bonds is 5. The van der Waals surface area contributed by atoms with E-state index in [0.717, 1.165) is 71.7 Å². The summed E-state index contributed by atoms with van der Waals surface area (Å²) < 4.78 is 8.74. The van der Waals surface area contributed by atoms with E-state index in [9.17, 15) is 0 Å². The summed E-state index contributed by atoms with van der Waals surface area (Å²) in [5, 5.41) is 4.31. The molecule has 13 aromatic rings. The van der Waals surface area contributed by atoms with Crippen molar-refractivity contribution in [3.8, 4) is 73.2 Å². The first kappa shape index (κ1) is 38.0. The zero-order valence-electron chi connectivity index (χ0n) is 37.1. The Kier molecular flexibility index (Phi) is 7.93. The number of furan rings is 1. The topological polar surface area (TPSA) is 56.7 Å². The lowest BCUT2D eigenvalue weighted by Gasteiger charge is -2.31. The molecule has 5 heteroatoms. The van der Waals surface area contributed by atoms with Gasteiger partial charge in [0.1, 0.15) is 11.2 Å². The van der Waals surface area contributed by atoms with E-state index < -0.39 is 5.41 Å². The molecule has 69 heavy (non-hydrogen) atoms. The van der Waals surface area contributed by atoms with Crippen molar-refractivity contribution in [3.63, 3.8) is 0 Å². The smallest absolute Gasteiger partial charge is 0.238 e. The van der Waals surface area contributed by atoms with Crippen LogP contribution in [0.4, 0.5) is 0 Å². The highest BCUT2D eigenvalue weighted by atomic mass is 16.3. The summed E-state index contributed by atoms with van der Waals surface area (Å²) in [6.07, 6.45) is 0. The summed E-state index contributed by atoms with van der Waals surface area (Å²) >= 11 is 0. The zero-order valence-corrected chi connectivity index (χ0v) is 37.1. The predicted octanol–water partition coefficient (Wildman–Crippen LogP) is 15.9. The summed E-state index contributed by atoms with van der Waals surface area (Å²) in [6, 6.07) is 82.6. The van der Waals surface area contributed by atoms with Crippen molar-refractivity contribution < 1.29 is 4.42 Å². The van der Waals surface area contributed by atoms with Gasteiger partial charge >= 0.3 is 0 Å². The van der Waals surface area contributed by atoms with Gasteiger partial charge in [0.25, 0.3) is 0 Å². The average Bonchev–Trinajstić information content (AvgIpc) is 4.15. The average molecular weight is 879 g/mol. The zero-order chi connectivity index (χ0) is 45.2. The lowest BCUT2D eigenvalue weighted by Crippen LogP contribution is -2.26. The van der Waals surface area contributed by atoms with E-state index in [1.54, 1.807) is 0 Å². The van der Waals surface area contributed by atoms with Crippen LogP contribution < -0.4 is 0 Å². The van der Waals surface area contributed by atoms with Crippen LogP contribution in [0.1, 0.15) is 22.3 Å². The third-order valence-electron chi connectivity index (χ3n) is 14.7. The molecule has 0 bridgehead atoms. The number of hydrogen-bond donors (Lipinski definition) is 0. The minimum atomic E-state index is -0.549. The minimum absolute atomic E-state index is 0.536. The fourth-order valence-corrected chi connectivity index (χ4v) is 11.9. The largest absolute Gasteiger partial charge is 0.456 e. The van der Waals surface area contributed by atoms with E-state index in [0.29, 0.717) is 17.6 Å². The van der Waals surface area contributed by atoms with Crippen molar-refractivity contribution in [1.82, 2.24) is 19.5 Å². The number of nitrogens with zero attached hydrogens (tertiary/aromatic N) is 4. The Morgan fingerprint density at radius 1 is 0.333 bits per heavy atom. The van der Waals surface area contributed by atoms with Gasteiger partial charge in [0.2, 0.25) is 5.95 Å². The predicted molar refractivity (Wildman–Crippen MR) is 279 cm³/mol. The van der Waals surface area contributed by atoms with Gasteiger partial charge in [-0.25, -0.2) is 4.98 Å². The van der Waals surface area contributed by atoms with Crippen LogP contribution in [0.5, 0.6) is 0 Å². The molecule has 0 atom stereocenters. The molecule has 0 saturated heterocycles. The Morgan fingerprint density at radius 2 is 0.855 bits per heavy atom. The fraction of sp³-hybridized carbons (Fsp3) is 0.0156. The standard InChI is InChI=1S/C64H38N4O/c1-3-18-39(19-4-1)41-36-42(40-20-5-2-6-21-40)38-43(37-41)61-65-62(50-27-17-33-57-58(50)49-26-11-16-32-56(49)69-57)67-63(66-61)68-54-31-15-10-25-48(54)59-55(68)35-34-47-46-24-9-14-30-53(46)64(60(47)59)51-28-12-7-22-44(51)45-23-8-13-29-52(45)64/h1-38H. The van der Waals surface area contributed by atoms with Gasteiger partial charge in [-0.1, -0.05) is 188 Å². The first-order valence-electron chi connectivity index (χ1n) is 23.5. The van der Waals surface area contributed by atoms with E-state index in [2.05, 4.69) is 211 Å². The van der Waals surface area contributed by atoms with Gasteiger partial charge in [-0.15, -0.1) is 0 Å². The number of fused-ring (bicyclic) bond motifs is 17. The first-order valence-corrected chi connectivity index (χ1v) is 23.5. The molecule has 320 valence electrons. The van der Waals surface area contributed by atoms with Crippen molar-refractivity contribution in [2.24, 2.45) is 0 Å². The first-order chi connectivity index (χ1) is 34.2. The highest BCUT2D eigenvalue weighted by Crippen LogP contribution is 2.64. The second kappa shape index (κ2) is 14.4. The van der Waals surface area contributed by atoms with Crippen LogP contribution in [0.25, 0.3) is 117 Å². The maximum absolute atomic E-state index is 6.47. The van der Waals surface area contributed by atoms with Crippen LogP contribution in [-0.2, 0) is 5.41 Å². The molecule has 0 fully saturated rings. The second-order valence-corrected chi connectivity index (χ2v) is 18.2. The summed E-state index contributed by atoms with van der Waals surface area (Å²) in [5.41, 5.74) is 19.5. The number of benzene rings is 10. The molecule has 15 rings (SSSR count). The van der Waals surface area contributed by atoms with Gasteiger partial charge < -0.3 is 4.42 Å². The van der Waals surface area contributed by atoms with Gasteiger partial charge in [-0.2, -0.15) is 9.97 Å². The molecule has 1 spiro atoms. The van der Waals surface area contributed by atoms with Crippen LogP contribution in [-0.4, -0.2) is 19.5 Å². The molecule has 0 unspecified atom stereocenters. The van der Waals surface area contributed by atoms with Crippen LogP contribution in [0, 0.1) is 0 Å². The molecular weight excluding hydrogens is 841 g/mol. The van der Waals surface area contributed by atoms with Crippen molar-refractivity contribution in [1.29, 1.82) is 0 Å². The molecule has 0 radical (unpaired) electrons. The van der Waals surface area contributed by atoms with Crippen molar-refractivity contribution in [3.05, 3.63) is 253 Å². The van der Waals surface area contributed by atoms with E-state index in [4.69, 9.17) is 19.4 Å². The molecule has 0 N–H and O–H groups in total. The SMILES string of the molecule is c1ccc(-c2cc(-c3ccccc3)cc(-c3nc(-c4cccc5oc6ccccc6c45)nc(-n4c5ccccc5c5c6c(ccc54)-c4ccccc4C64c5ccccc5-c5ccccc54)n3)c2)cc1. The molecule has 2 aliphatic carbocycles. The molecule has 2 aliphatic rings. The molecule has 10 aromatic carbocycles. The Morgan fingerprint density at radius 3 is 1.54 bits per heavy atom. The summed E-state index contributed by atoms with van der Waals surface area (Å²) in [7, 11) is 0. The van der Waals surface area contributed by atoms with Crippen molar-refractivity contribution in [2.45, 2.75) is 5.41 Å². The molecule has 3 heterocycles. The molecule has 0 amide bonds. The quantitative estimate of drug-likeness (QED) is 0.173. The lowest BCUT2D eigenvalue weighted by atomic mass is 9.69. The minimum Gasteiger partial charge on any atom is -0.456 e. The third kappa shape index (κ3) is 5.32. The molecule has 0 saturated carbocycles. The highest BCUT2D eigenvalue weighted by molar-refractivity contribution is 6.16. The van der Waals surface area contributed by atoms with E-state index in [1.165, 1.54) is 49.9 Å². The monoisotopic (exact) mass is 878 g/mol. The highest BCUT2D eigenvalue weighted by Gasteiger charge is 2.52. The summed E-state index contributed by atoms with van der Waals surface area (Å²) in [6.45, 7) is 0. The van der Waals surface area contributed by atoms with E-state index in [1.807, 2.05) is 24.3 Å². The molecule has 5 nitrogen and oxygen atoms in total. The maximum atomic E-state index is 6.47. The normalized spacial score (nSPS) is 13.0. The van der Waals surface area contributed by atoms with Crippen LogP contribution in [0.15, 0.2) is 235 Å². The Bertz CT molecular complexity index is 4140. The number of aromatic nitrogens is 4. The Labute approximate surface area is 397 Å². The molecule has 3 aromatic heterocycles. The summed E-state index contributed by atoms with van der Waals surface area (Å²) in [5.74, 6) is 1.67. The van der Waals surface area contributed by atoms with Gasteiger partial charge in [-0.05, 0) is 109 Å². The van der Waals surface area contributed by atoms with Crippen LogP contribution in [0.3, 0.4) is 0 Å². The Balaban J connectivity index is 1.06. The van der Waals surface area contributed by atoms with Gasteiger partial charge in [0.05, 0.1) is 16.4 Å². The van der Waals surface area contributed by atoms with E-state index >= 15 is 0 Å². The second-order valence-electron chi connectivity index (χ2n) is 18.2. The number of para-hydroxylation sites is 2. The van der Waals surface area contributed by atoms with E-state index in [-0.39, 0.29) is 0 Å². The molecule has 0 aliphatic heterocycles.